The van der Waals surface area contributed by atoms with Crippen LogP contribution in [-0.4, -0.2) is 50.7 Å². The van der Waals surface area contributed by atoms with E-state index in [1.165, 1.54) is 14.8 Å². The maximum absolute atomic E-state index is 12.8. The van der Waals surface area contributed by atoms with Crippen LogP contribution in [0.5, 0.6) is 0 Å². The predicted octanol–water partition coefficient (Wildman–Crippen LogP) is 2.29. The molecule has 0 atom stereocenters. The summed E-state index contributed by atoms with van der Waals surface area (Å²) >= 11 is 0. The Morgan fingerprint density at radius 1 is 1.09 bits per heavy atom. The monoisotopic (exact) mass is 497 g/mol. The average Bonchev–Trinajstić information content (AvgIpc) is 3.17. The second kappa shape index (κ2) is 9.96. The van der Waals surface area contributed by atoms with E-state index in [2.05, 4.69) is 9.97 Å². The molecule has 35 heavy (non-hydrogen) atoms. The van der Waals surface area contributed by atoms with Crippen molar-refractivity contribution in [3.05, 3.63) is 70.5 Å². The summed E-state index contributed by atoms with van der Waals surface area (Å²) in [5.41, 5.74) is 1.92. The lowest BCUT2D eigenvalue weighted by Gasteiger charge is -2.18. The fourth-order valence-corrected chi connectivity index (χ4v) is 5.42. The zero-order valence-corrected chi connectivity index (χ0v) is 20.7. The summed E-state index contributed by atoms with van der Waals surface area (Å²) in [6.07, 6.45) is 2.02. The highest BCUT2D eigenvalue weighted by atomic mass is 32.2. The van der Waals surface area contributed by atoms with Crippen molar-refractivity contribution in [2.45, 2.75) is 38.2 Å². The molecule has 0 saturated carbocycles. The van der Waals surface area contributed by atoms with Crippen LogP contribution in [0, 0.1) is 0 Å². The largest absolute Gasteiger partial charge is 0.459 e. The van der Waals surface area contributed by atoms with Gasteiger partial charge in [-0.3, -0.25) is 14.0 Å². The second-order valence-electron chi connectivity index (χ2n) is 8.00. The first-order chi connectivity index (χ1) is 16.7. The fourth-order valence-electron chi connectivity index (χ4n) is 3.94. The van der Waals surface area contributed by atoms with Crippen molar-refractivity contribution in [2.24, 2.45) is 7.05 Å². The number of sulfonamides is 1. The quantitative estimate of drug-likeness (QED) is 0.326. The van der Waals surface area contributed by atoms with E-state index in [0.29, 0.717) is 42.2 Å². The molecule has 4 aromatic rings. The minimum Gasteiger partial charge on any atom is -0.459 e. The lowest BCUT2D eigenvalue weighted by Crippen LogP contribution is -2.30. The van der Waals surface area contributed by atoms with E-state index in [1.807, 2.05) is 11.6 Å². The van der Waals surface area contributed by atoms with Crippen molar-refractivity contribution in [1.29, 1.82) is 0 Å². The summed E-state index contributed by atoms with van der Waals surface area (Å²) in [6.45, 7) is 4.26. The number of aryl methyl sites for hydroxylation is 2. The van der Waals surface area contributed by atoms with Crippen molar-refractivity contribution in [2.75, 3.05) is 13.1 Å². The average molecular weight is 498 g/mol. The molecule has 0 radical (unpaired) electrons. The van der Waals surface area contributed by atoms with E-state index in [1.54, 1.807) is 56.4 Å². The molecule has 0 bridgehead atoms. The minimum atomic E-state index is -3.59. The predicted molar refractivity (Wildman–Crippen MR) is 130 cm³/mol. The molecule has 0 aliphatic heterocycles. The van der Waals surface area contributed by atoms with Gasteiger partial charge in [0.25, 0.3) is 5.56 Å². The first-order valence-corrected chi connectivity index (χ1v) is 12.8. The maximum Gasteiger partial charge on any atom is 0.306 e. The van der Waals surface area contributed by atoms with Crippen molar-refractivity contribution in [3.8, 4) is 0 Å². The van der Waals surface area contributed by atoms with Gasteiger partial charge < -0.3 is 9.30 Å². The Bertz CT molecular complexity index is 1550. The number of fused-ring (bicyclic) bond motifs is 2. The number of rotatable bonds is 9. The number of aromatic nitrogens is 4. The normalized spacial score (nSPS) is 12.0. The summed E-state index contributed by atoms with van der Waals surface area (Å²) in [5.74, 6) is 0.188. The minimum absolute atomic E-state index is 0.0777. The molecule has 0 unspecified atom stereocenters. The first-order valence-electron chi connectivity index (χ1n) is 11.3. The fraction of sp³-hybridized carbons (Fsp3) is 0.333. The van der Waals surface area contributed by atoms with Crippen LogP contribution in [0.15, 0.2) is 58.4 Å². The van der Waals surface area contributed by atoms with E-state index < -0.39 is 16.0 Å². The van der Waals surface area contributed by atoms with Crippen molar-refractivity contribution in [3.63, 3.8) is 0 Å². The maximum atomic E-state index is 12.8. The molecule has 1 aromatic carbocycles. The Hall–Kier alpha value is -3.57. The van der Waals surface area contributed by atoms with Crippen LogP contribution in [0.1, 0.15) is 31.8 Å². The number of benzene rings is 1. The van der Waals surface area contributed by atoms with Gasteiger partial charge in [0.05, 0.1) is 28.0 Å². The third-order valence-electron chi connectivity index (χ3n) is 5.85. The smallest absolute Gasteiger partial charge is 0.306 e. The number of ether oxygens (including phenoxy) is 1. The second-order valence-corrected chi connectivity index (χ2v) is 9.94. The van der Waals surface area contributed by atoms with Gasteiger partial charge in [0.15, 0.2) is 0 Å². The van der Waals surface area contributed by atoms with Crippen molar-refractivity contribution in [1.82, 2.24) is 23.2 Å². The molecule has 0 aliphatic rings. The van der Waals surface area contributed by atoms with Crippen molar-refractivity contribution >= 4 is 32.7 Å². The number of carbonyl (C=O) groups is 1. The Kier molecular flexibility index (Phi) is 6.99. The van der Waals surface area contributed by atoms with Crippen LogP contribution in [0.3, 0.4) is 0 Å². The van der Waals surface area contributed by atoms with E-state index in [9.17, 15) is 18.0 Å². The van der Waals surface area contributed by atoms with Gasteiger partial charge in [0, 0.05) is 38.8 Å². The number of nitrogens with zero attached hydrogens (tertiary/aromatic N) is 5. The highest BCUT2D eigenvalue weighted by Gasteiger charge is 2.23. The zero-order chi connectivity index (χ0) is 25.2. The Balaban J connectivity index is 1.44. The summed E-state index contributed by atoms with van der Waals surface area (Å²) in [5, 5.41) is 0. The highest BCUT2D eigenvalue weighted by molar-refractivity contribution is 7.89. The number of hydrogen-bond acceptors (Lipinski definition) is 7. The molecule has 3 aromatic heterocycles. The highest BCUT2D eigenvalue weighted by Crippen LogP contribution is 2.23. The third-order valence-corrected chi connectivity index (χ3v) is 7.89. The molecule has 0 aliphatic carbocycles. The van der Waals surface area contributed by atoms with Gasteiger partial charge >= 0.3 is 5.97 Å². The van der Waals surface area contributed by atoms with Crippen LogP contribution in [-0.2, 0) is 39.6 Å². The van der Waals surface area contributed by atoms with E-state index in [4.69, 9.17) is 4.74 Å². The van der Waals surface area contributed by atoms with E-state index in [0.717, 1.165) is 5.52 Å². The van der Waals surface area contributed by atoms with Gasteiger partial charge in [-0.2, -0.15) is 4.31 Å². The van der Waals surface area contributed by atoms with Gasteiger partial charge in [0.2, 0.25) is 10.0 Å². The summed E-state index contributed by atoms with van der Waals surface area (Å²) in [6, 6.07) is 11.4. The van der Waals surface area contributed by atoms with Gasteiger partial charge in [-0.25, -0.2) is 18.4 Å². The van der Waals surface area contributed by atoms with Gasteiger partial charge in [-0.15, -0.1) is 0 Å². The molecule has 0 fully saturated rings. The van der Waals surface area contributed by atoms with Crippen molar-refractivity contribution < 1.29 is 17.9 Å². The van der Waals surface area contributed by atoms with Gasteiger partial charge in [-0.1, -0.05) is 19.9 Å². The molecule has 11 heteroatoms. The van der Waals surface area contributed by atoms with Gasteiger partial charge in [-0.05, 0) is 30.3 Å². The Morgan fingerprint density at radius 2 is 1.86 bits per heavy atom. The topological polar surface area (TPSA) is 116 Å². The van der Waals surface area contributed by atoms with E-state index >= 15 is 0 Å². The van der Waals surface area contributed by atoms with Crippen LogP contribution >= 0.6 is 0 Å². The number of carbonyl (C=O) groups excluding carboxylic acids is 1. The standard InChI is InChI=1S/C24H27N5O5S/c1-4-28(5-2)35(32,33)18-9-10-20-19(15-18)26-21(27(20)3)11-12-24(31)34-16-17-14-23(30)29-13-7-6-8-22(29)25-17/h6-10,13-15H,4-5,11-12,16H2,1-3H3. The summed E-state index contributed by atoms with van der Waals surface area (Å²) < 4.78 is 35.6. The van der Waals surface area contributed by atoms with Crippen LogP contribution in [0.2, 0.25) is 0 Å². The number of pyridine rings is 1. The SMILES string of the molecule is CCN(CC)S(=O)(=O)c1ccc2c(c1)nc(CCC(=O)OCc1cc(=O)n3ccccc3n1)n2C. The molecule has 0 saturated heterocycles. The third kappa shape index (κ3) is 4.96. The number of esters is 1. The zero-order valence-electron chi connectivity index (χ0n) is 19.8. The molecule has 0 amide bonds. The lowest BCUT2D eigenvalue weighted by atomic mass is 10.3. The lowest BCUT2D eigenvalue weighted by molar-refractivity contribution is -0.145. The van der Waals surface area contributed by atoms with Gasteiger partial charge in [0.1, 0.15) is 18.1 Å². The van der Waals surface area contributed by atoms with Crippen LogP contribution in [0.25, 0.3) is 16.7 Å². The molecule has 4 rings (SSSR count). The van der Waals surface area contributed by atoms with E-state index in [-0.39, 0.29) is 23.5 Å². The summed E-state index contributed by atoms with van der Waals surface area (Å²) in [7, 11) is -1.77. The van der Waals surface area contributed by atoms with Crippen LogP contribution < -0.4 is 5.56 Å². The number of hydrogen-bond donors (Lipinski definition) is 0. The molecule has 0 spiro atoms. The first kappa shape index (κ1) is 24.6. The number of imidazole rings is 1. The molecule has 0 N–H and O–H groups in total. The molecular weight excluding hydrogens is 470 g/mol. The van der Waals surface area contributed by atoms with Crippen LogP contribution in [0.4, 0.5) is 0 Å². The molecule has 3 heterocycles. The molecule has 10 nitrogen and oxygen atoms in total. The molecular formula is C24H27N5O5S. The molecule has 184 valence electrons. The Labute approximate surface area is 202 Å². The Morgan fingerprint density at radius 3 is 2.60 bits per heavy atom. The summed E-state index contributed by atoms with van der Waals surface area (Å²) in [4.78, 5) is 33.6.